The molecule has 1 N–H and O–H groups in total. The minimum atomic E-state index is 0.178. The lowest BCUT2D eigenvalue weighted by atomic mass is 10.0. The van der Waals surface area contributed by atoms with Crippen molar-refractivity contribution < 1.29 is 0 Å². The predicted octanol–water partition coefficient (Wildman–Crippen LogP) is 4.38. The monoisotopic (exact) mass is 369 g/mol. The van der Waals surface area contributed by atoms with Crippen LogP contribution >= 0.6 is 27.5 Å². The van der Waals surface area contributed by atoms with Crippen molar-refractivity contribution in [1.82, 2.24) is 15.1 Å². The van der Waals surface area contributed by atoms with Gasteiger partial charge < -0.3 is 5.32 Å². The van der Waals surface area contributed by atoms with Gasteiger partial charge >= 0.3 is 0 Å². The van der Waals surface area contributed by atoms with E-state index in [-0.39, 0.29) is 6.04 Å². The quantitative estimate of drug-likeness (QED) is 0.817. The molecule has 3 nitrogen and oxygen atoms in total. The largest absolute Gasteiger partial charge is 0.313 e. The molecule has 1 aromatic carbocycles. The highest BCUT2D eigenvalue weighted by Gasteiger charge is 2.17. The van der Waals surface area contributed by atoms with E-state index < -0.39 is 0 Å². The molecule has 2 aromatic rings. The summed E-state index contributed by atoms with van der Waals surface area (Å²) in [5.41, 5.74) is 3.50. The van der Waals surface area contributed by atoms with E-state index in [1.807, 2.05) is 19.2 Å². The second-order valence-corrected chi connectivity index (χ2v) is 6.33. The normalized spacial score (nSPS) is 12.6. The first-order valence-corrected chi connectivity index (χ1v) is 8.43. The molecule has 5 heteroatoms. The van der Waals surface area contributed by atoms with Gasteiger partial charge in [0.05, 0.1) is 5.69 Å². The number of aromatic nitrogens is 2. The van der Waals surface area contributed by atoms with E-state index in [9.17, 15) is 0 Å². The molecule has 0 aliphatic carbocycles. The second kappa shape index (κ2) is 7.43. The van der Waals surface area contributed by atoms with Gasteiger partial charge in [0, 0.05) is 34.2 Å². The lowest BCUT2D eigenvalue weighted by molar-refractivity contribution is 0.540. The van der Waals surface area contributed by atoms with Gasteiger partial charge in [0.2, 0.25) is 0 Å². The molecule has 1 heterocycles. The Morgan fingerprint density at radius 3 is 2.67 bits per heavy atom. The number of nitrogens with zero attached hydrogens (tertiary/aromatic N) is 2. The number of benzene rings is 1. The fraction of sp³-hybridized carbons (Fsp3) is 0.438. The van der Waals surface area contributed by atoms with Gasteiger partial charge in [-0.15, -0.1) is 0 Å². The van der Waals surface area contributed by atoms with Crippen molar-refractivity contribution in [2.75, 3.05) is 7.05 Å². The van der Waals surface area contributed by atoms with Crippen LogP contribution in [0.1, 0.15) is 36.8 Å². The third-order valence-corrected chi connectivity index (χ3v) is 4.50. The molecule has 1 aromatic heterocycles. The van der Waals surface area contributed by atoms with E-state index in [4.69, 9.17) is 11.6 Å². The van der Waals surface area contributed by atoms with Crippen molar-refractivity contribution in [3.8, 4) is 0 Å². The number of aryl methyl sites for hydroxylation is 2. The maximum absolute atomic E-state index is 6.38. The summed E-state index contributed by atoms with van der Waals surface area (Å²) in [5, 5.41) is 8.76. The molecule has 0 saturated heterocycles. The first kappa shape index (κ1) is 16.5. The third kappa shape index (κ3) is 3.87. The fourth-order valence-electron chi connectivity index (χ4n) is 2.49. The van der Waals surface area contributed by atoms with Crippen LogP contribution in [0.3, 0.4) is 0 Å². The molecule has 0 aliphatic rings. The summed E-state index contributed by atoms with van der Waals surface area (Å²) < 4.78 is 3.08. The van der Waals surface area contributed by atoms with Crippen LogP contribution in [0.5, 0.6) is 0 Å². The zero-order chi connectivity index (χ0) is 15.4. The summed E-state index contributed by atoms with van der Waals surface area (Å²) in [6, 6.07) is 8.41. The number of nitrogens with one attached hydrogen (secondary N) is 1. The van der Waals surface area contributed by atoms with Gasteiger partial charge in [0.15, 0.2) is 0 Å². The van der Waals surface area contributed by atoms with Crippen molar-refractivity contribution in [2.45, 2.75) is 39.3 Å². The van der Waals surface area contributed by atoms with Crippen LogP contribution in [0.25, 0.3) is 0 Å². The number of rotatable bonds is 6. The van der Waals surface area contributed by atoms with E-state index in [1.54, 1.807) is 0 Å². The number of likely N-dealkylation sites (N-methyl/N-ethyl adjacent to an activating group) is 1. The molecule has 1 unspecified atom stereocenters. The van der Waals surface area contributed by atoms with Crippen LogP contribution in [0.4, 0.5) is 0 Å². The maximum Gasteiger partial charge on any atom is 0.0624 e. The van der Waals surface area contributed by atoms with Gasteiger partial charge in [-0.2, -0.15) is 5.10 Å². The van der Waals surface area contributed by atoms with Crippen LogP contribution in [-0.2, 0) is 19.4 Å². The fourth-order valence-corrected chi connectivity index (χ4v) is 3.29. The Hall–Kier alpha value is -0.840. The molecule has 0 aliphatic heterocycles. The Kier molecular flexibility index (Phi) is 5.85. The molecule has 2 rings (SSSR count). The molecule has 1 atom stereocenters. The van der Waals surface area contributed by atoms with Gasteiger partial charge in [-0.1, -0.05) is 40.5 Å². The van der Waals surface area contributed by atoms with Gasteiger partial charge in [-0.3, -0.25) is 4.68 Å². The van der Waals surface area contributed by atoms with Crippen LogP contribution in [0.2, 0.25) is 5.02 Å². The Morgan fingerprint density at radius 2 is 2.10 bits per heavy atom. The minimum Gasteiger partial charge on any atom is -0.313 e. The van der Waals surface area contributed by atoms with Crippen molar-refractivity contribution in [3.63, 3.8) is 0 Å². The molecular weight excluding hydrogens is 350 g/mol. The van der Waals surface area contributed by atoms with E-state index in [0.29, 0.717) is 0 Å². The summed E-state index contributed by atoms with van der Waals surface area (Å²) >= 11 is 9.83. The van der Waals surface area contributed by atoms with Gasteiger partial charge in [-0.05, 0) is 44.2 Å². The molecule has 0 saturated carbocycles. The van der Waals surface area contributed by atoms with Gasteiger partial charge in [-0.25, -0.2) is 0 Å². The highest BCUT2D eigenvalue weighted by Crippen LogP contribution is 2.28. The second-order valence-electron chi connectivity index (χ2n) is 5.01. The summed E-state index contributed by atoms with van der Waals surface area (Å²) in [4.78, 5) is 0. The smallest absolute Gasteiger partial charge is 0.0624 e. The number of halogens is 2. The zero-order valence-corrected chi connectivity index (χ0v) is 15.0. The molecule has 0 fully saturated rings. The lowest BCUT2D eigenvalue weighted by Crippen LogP contribution is -2.21. The van der Waals surface area contributed by atoms with Crippen LogP contribution < -0.4 is 5.32 Å². The zero-order valence-electron chi connectivity index (χ0n) is 12.7. The molecule has 0 radical (unpaired) electrons. The van der Waals surface area contributed by atoms with Crippen molar-refractivity contribution in [2.24, 2.45) is 0 Å². The third-order valence-electron chi connectivity index (χ3n) is 3.68. The number of hydrogen-bond donors (Lipinski definition) is 1. The Labute approximate surface area is 139 Å². The molecule has 0 amide bonds. The van der Waals surface area contributed by atoms with Crippen molar-refractivity contribution in [1.29, 1.82) is 0 Å². The van der Waals surface area contributed by atoms with Gasteiger partial charge in [0.1, 0.15) is 0 Å². The molecule has 114 valence electrons. The van der Waals surface area contributed by atoms with Crippen molar-refractivity contribution >= 4 is 27.5 Å². The van der Waals surface area contributed by atoms with Crippen LogP contribution in [0, 0.1) is 0 Å². The molecule has 0 bridgehead atoms. The summed E-state index contributed by atoms with van der Waals surface area (Å²) in [6.45, 7) is 5.14. The standard InChI is InChI=1S/C16H21BrClN3/c1-4-12-9-13(21(5-2)20-12)10-16(19-3)14-7-6-11(17)8-15(14)18/h6-9,16,19H,4-5,10H2,1-3H3. The first-order chi connectivity index (χ1) is 10.1. The molecule has 0 spiro atoms. The maximum atomic E-state index is 6.38. The van der Waals surface area contributed by atoms with E-state index >= 15 is 0 Å². The van der Waals surface area contributed by atoms with E-state index in [0.717, 1.165) is 40.1 Å². The van der Waals surface area contributed by atoms with E-state index in [2.05, 4.69) is 57.0 Å². The average Bonchev–Trinajstić information content (AvgIpc) is 2.87. The first-order valence-electron chi connectivity index (χ1n) is 7.26. The van der Waals surface area contributed by atoms with E-state index in [1.165, 1.54) is 5.69 Å². The Bertz CT molecular complexity index is 610. The SMILES string of the molecule is CCc1cc(CC(NC)c2ccc(Br)cc2Cl)n(CC)n1. The van der Waals surface area contributed by atoms with Gasteiger partial charge in [0.25, 0.3) is 0 Å². The minimum absolute atomic E-state index is 0.178. The Morgan fingerprint density at radius 1 is 1.33 bits per heavy atom. The predicted molar refractivity (Wildman–Crippen MR) is 91.9 cm³/mol. The lowest BCUT2D eigenvalue weighted by Gasteiger charge is -2.18. The summed E-state index contributed by atoms with van der Waals surface area (Å²) in [7, 11) is 1.97. The van der Waals surface area contributed by atoms with Crippen LogP contribution in [-0.4, -0.2) is 16.8 Å². The number of hydrogen-bond acceptors (Lipinski definition) is 2. The summed E-state index contributed by atoms with van der Waals surface area (Å²) in [5.74, 6) is 0. The van der Waals surface area contributed by atoms with Crippen LogP contribution in [0.15, 0.2) is 28.7 Å². The molecular formula is C16H21BrClN3. The highest BCUT2D eigenvalue weighted by atomic mass is 79.9. The highest BCUT2D eigenvalue weighted by molar-refractivity contribution is 9.10. The summed E-state index contributed by atoms with van der Waals surface area (Å²) in [6.07, 6.45) is 1.84. The topological polar surface area (TPSA) is 29.9 Å². The van der Waals surface area contributed by atoms with Crippen molar-refractivity contribution in [3.05, 3.63) is 50.7 Å². The molecule has 21 heavy (non-hydrogen) atoms. The Balaban J connectivity index is 2.28. The average molecular weight is 371 g/mol.